The summed E-state index contributed by atoms with van der Waals surface area (Å²) < 4.78 is 1.83. The molecule has 1 aromatic carbocycles. The lowest BCUT2D eigenvalue weighted by Crippen LogP contribution is -2.42. The third kappa shape index (κ3) is 4.16. The maximum Gasteiger partial charge on any atom is 0.318 e. The lowest BCUT2D eigenvalue weighted by Gasteiger charge is -2.36. The van der Waals surface area contributed by atoms with E-state index < -0.39 is 0 Å². The van der Waals surface area contributed by atoms with Gasteiger partial charge >= 0.3 is 6.03 Å². The van der Waals surface area contributed by atoms with Crippen molar-refractivity contribution in [2.24, 2.45) is 7.05 Å². The monoisotopic (exact) mass is 389 g/mol. The Morgan fingerprint density at radius 1 is 1.24 bits per heavy atom. The summed E-state index contributed by atoms with van der Waals surface area (Å²) >= 11 is 0. The molecule has 0 fully saturated rings. The van der Waals surface area contributed by atoms with E-state index in [2.05, 4.69) is 39.7 Å². The van der Waals surface area contributed by atoms with Crippen LogP contribution >= 0.6 is 0 Å². The molecule has 4 rings (SSSR count). The zero-order chi connectivity index (χ0) is 20.2. The van der Waals surface area contributed by atoms with Gasteiger partial charge in [-0.2, -0.15) is 5.10 Å². The fraction of sp³-hybridized carbons (Fsp3) is 0.348. The van der Waals surface area contributed by atoms with E-state index in [0.29, 0.717) is 13.1 Å². The van der Waals surface area contributed by atoms with Gasteiger partial charge in [-0.15, -0.1) is 0 Å². The minimum absolute atomic E-state index is 0.0567. The fourth-order valence-corrected chi connectivity index (χ4v) is 4.05. The number of benzene rings is 1. The first-order valence-corrected chi connectivity index (χ1v) is 10.1. The van der Waals surface area contributed by atoms with Crippen LogP contribution in [0.25, 0.3) is 0 Å². The molecule has 0 unspecified atom stereocenters. The Bertz CT molecular complexity index is 982. The van der Waals surface area contributed by atoms with Crippen LogP contribution < -0.4 is 5.32 Å². The van der Waals surface area contributed by atoms with Crippen LogP contribution in [0.3, 0.4) is 0 Å². The lowest BCUT2D eigenvalue weighted by atomic mass is 9.86. The van der Waals surface area contributed by atoms with Crippen molar-refractivity contribution in [1.29, 1.82) is 0 Å². The normalized spacial score (nSPS) is 15.6. The second-order valence-electron chi connectivity index (χ2n) is 7.63. The highest BCUT2D eigenvalue weighted by Crippen LogP contribution is 2.35. The topological polar surface area (TPSA) is 63.1 Å². The first-order chi connectivity index (χ1) is 14.1. The van der Waals surface area contributed by atoms with Crippen LogP contribution in [0.1, 0.15) is 46.8 Å². The molecule has 1 aliphatic rings. The molecule has 0 bridgehead atoms. The summed E-state index contributed by atoms with van der Waals surface area (Å²) in [6.07, 6.45) is 8.53. The van der Waals surface area contributed by atoms with Gasteiger partial charge in [-0.3, -0.25) is 9.67 Å². The van der Waals surface area contributed by atoms with Gasteiger partial charge in [-0.05, 0) is 48.9 Å². The van der Waals surface area contributed by atoms with Gasteiger partial charge in [0.2, 0.25) is 0 Å². The van der Waals surface area contributed by atoms with Crippen molar-refractivity contribution < 1.29 is 4.79 Å². The van der Waals surface area contributed by atoms with Crippen molar-refractivity contribution in [1.82, 2.24) is 25.0 Å². The molecule has 2 amide bonds. The summed E-state index contributed by atoms with van der Waals surface area (Å²) in [5.41, 5.74) is 5.73. The van der Waals surface area contributed by atoms with Crippen molar-refractivity contribution in [3.05, 3.63) is 82.9 Å². The smallest absolute Gasteiger partial charge is 0.318 e. The number of hydrogen-bond acceptors (Lipinski definition) is 3. The van der Waals surface area contributed by atoms with Crippen LogP contribution in [0.4, 0.5) is 4.79 Å². The summed E-state index contributed by atoms with van der Waals surface area (Å²) in [6.45, 7) is 3.01. The second kappa shape index (κ2) is 8.47. The highest BCUT2D eigenvalue weighted by Gasteiger charge is 2.29. The number of fused-ring (bicyclic) bond motifs is 1. The molecule has 1 N–H and O–H groups in total. The van der Waals surface area contributed by atoms with Crippen LogP contribution in [0.2, 0.25) is 0 Å². The van der Waals surface area contributed by atoms with E-state index in [1.54, 1.807) is 6.20 Å². The predicted molar refractivity (Wildman–Crippen MR) is 112 cm³/mol. The molecule has 0 radical (unpaired) electrons. The highest BCUT2D eigenvalue weighted by atomic mass is 16.2. The summed E-state index contributed by atoms with van der Waals surface area (Å²) in [7, 11) is 1.91. The number of hydrogen-bond donors (Lipinski definition) is 1. The number of amides is 2. The van der Waals surface area contributed by atoms with Crippen LogP contribution in [-0.4, -0.2) is 25.7 Å². The number of carbonyl (C=O) groups excluding carboxylic acids is 1. The average molecular weight is 390 g/mol. The standard InChI is InChI=1S/C23H27N5O/c1-17-20(15-26-27(17)2)14-25-23(29)28(16-18-7-6-12-24-13-18)22-11-5-9-19-8-3-4-10-21(19)22/h3-4,6-8,10,12-13,15,22H,5,9,11,14,16H2,1-2H3,(H,25,29)/t22-/m1/s1. The van der Waals surface area contributed by atoms with E-state index in [1.807, 2.05) is 48.1 Å². The number of carbonyl (C=O) groups is 1. The molecule has 0 saturated carbocycles. The highest BCUT2D eigenvalue weighted by molar-refractivity contribution is 5.75. The van der Waals surface area contributed by atoms with Crippen LogP contribution in [0.5, 0.6) is 0 Å². The first-order valence-electron chi connectivity index (χ1n) is 10.1. The Morgan fingerprint density at radius 3 is 2.86 bits per heavy atom. The predicted octanol–water partition coefficient (Wildman–Crippen LogP) is 3.91. The second-order valence-corrected chi connectivity index (χ2v) is 7.63. The van der Waals surface area contributed by atoms with Crippen molar-refractivity contribution in [2.45, 2.75) is 45.3 Å². The molecular weight excluding hydrogens is 362 g/mol. The summed E-state index contributed by atoms with van der Waals surface area (Å²) in [4.78, 5) is 19.5. The molecule has 1 atom stereocenters. The zero-order valence-corrected chi connectivity index (χ0v) is 17.0. The summed E-state index contributed by atoms with van der Waals surface area (Å²) in [6, 6.07) is 12.4. The molecule has 0 aliphatic heterocycles. The average Bonchev–Trinajstić information content (AvgIpc) is 3.08. The number of aryl methyl sites for hydroxylation is 2. The minimum Gasteiger partial charge on any atom is -0.334 e. The number of nitrogens with one attached hydrogen (secondary N) is 1. The molecule has 6 nitrogen and oxygen atoms in total. The Balaban J connectivity index is 1.58. The fourth-order valence-electron chi connectivity index (χ4n) is 4.05. The molecule has 6 heteroatoms. The summed E-state index contributed by atoms with van der Waals surface area (Å²) in [5, 5.41) is 7.38. The third-order valence-electron chi connectivity index (χ3n) is 5.82. The van der Waals surface area contributed by atoms with Gasteiger partial charge in [0.15, 0.2) is 0 Å². The Labute approximate surface area is 171 Å². The van der Waals surface area contributed by atoms with Crippen molar-refractivity contribution in [3.63, 3.8) is 0 Å². The maximum absolute atomic E-state index is 13.3. The molecule has 2 aromatic heterocycles. The molecule has 1 aliphatic carbocycles. The van der Waals surface area contributed by atoms with Crippen molar-refractivity contribution in [3.8, 4) is 0 Å². The number of pyridine rings is 1. The maximum atomic E-state index is 13.3. The number of aromatic nitrogens is 3. The van der Waals surface area contributed by atoms with Crippen LogP contribution in [-0.2, 0) is 26.6 Å². The quantitative estimate of drug-likeness (QED) is 0.720. The minimum atomic E-state index is -0.0567. The molecule has 3 aromatic rings. The van der Waals surface area contributed by atoms with E-state index in [1.165, 1.54) is 11.1 Å². The van der Waals surface area contributed by atoms with E-state index >= 15 is 0 Å². The van der Waals surface area contributed by atoms with Crippen LogP contribution in [0.15, 0.2) is 55.0 Å². The number of urea groups is 1. The van der Waals surface area contributed by atoms with Gasteiger partial charge in [0, 0.05) is 43.8 Å². The van der Waals surface area contributed by atoms with Gasteiger partial charge in [-0.25, -0.2) is 4.79 Å². The van der Waals surface area contributed by atoms with Gasteiger partial charge < -0.3 is 10.2 Å². The Kier molecular flexibility index (Phi) is 5.60. The molecule has 0 saturated heterocycles. The van der Waals surface area contributed by atoms with Crippen molar-refractivity contribution in [2.75, 3.05) is 0 Å². The van der Waals surface area contributed by atoms with E-state index in [4.69, 9.17) is 0 Å². The third-order valence-corrected chi connectivity index (χ3v) is 5.82. The van der Waals surface area contributed by atoms with E-state index in [0.717, 1.165) is 36.1 Å². The van der Waals surface area contributed by atoms with E-state index in [-0.39, 0.29) is 12.1 Å². The van der Waals surface area contributed by atoms with Gasteiger partial charge in [-0.1, -0.05) is 30.3 Å². The zero-order valence-electron chi connectivity index (χ0n) is 17.0. The molecule has 150 valence electrons. The Morgan fingerprint density at radius 2 is 2.10 bits per heavy atom. The van der Waals surface area contributed by atoms with Crippen LogP contribution in [0, 0.1) is 6.92 Å². The molecule has 29 heavy (non-hydrogen) atoms. The number of rotatable bonds is 5. The van der Waals surface area contributed by atoms with E-state index in [9.17, 15) is 4.79 Å². The Hall–Kier alpha value is -3.15. The molecular formula is C23H27N5O. The number of nitrogens with zero attached hydrogens (tertiary/aromatic N) is 4. The van der Waals surface area contributed by atoms with Gasteiger partial charge in [0.05, 0.1) is 12.2 Å². The lowest BCUT2D eigenvalue weighted by molar-refractivity contribution is 0.162. The largest absolute Gasteiger partial charge is 0.334 e. The van der Waals surface area contributed by atoms with Gasteiger partial charge in [0.1, 0.15) is 0 Å². The first kappa shape index (κ1) is 19.2. The summed E-state index contributed by atoms with van der Waals surface area (Å²) in [5.74, 6) is 0. The van der Waals surface area contributed by atoms with Crippen molar-refractivity contribution >= 4 is 6.03 Å². The van der Waals surface area contributed by atoms with Gasteiger partial charge in [0.25, 0.3) is 0 Å². The SMILES string of the molecule is Cc1c(CNC(=O)N(Cc2cccnc2)[C@@H]2CCCc3ccccc32)cnn1C. The molecule has 0 spiro atoms. The molecule has 2 heterocycles.